The van der Waals surface area contributed by atoms with E-state index in [1.807, 2.05) is 13.8 Å². The Kier molecular flexibility index (Phi) is 7.30. The monoisotopic (exact) mass is 185 g/mol. The second-order valence-corrected chi connectivity index (χ2v) is 2.47. The fourth-order valence-corrected chi connectivity index (χ4v) is 0.955. The lowest BCUT2D eigenvalue weighted by Gasteiger charge is -1.92. The number of rotatable bonds is 4. The molecule has 0 bridgehead atoms. The smallest absolute Gasteiger partial charge is 0.243 e. The van der Waals surface area contributed by atoms with Crippen LogP contribution >= 0.6 is 0 Å². The maximum atomic E-state index is 4.96. The zero-order valence-corrected chi connectivity index (χ0v) is 9.16. The molecule has 13 heavy (non-hydrogen) atoms. The van der Waals surface area contributed by atoms with Crippen molar-refractivity contribution in [2.75, 3.05) is 13.7 Å². The van der Waals surface area contributed by atoms with E-state index in [9.17, 15) is 0 Å². The van der Waals surface area contributed by atoms with Gasteiger partial charge in [-0.1, -0.05) is 13.8 Å². The van der Waals surface area contributed by atoms with Gasteiger partial charge in [0.1, 0.15) is 18.9 Å². The van der Waals surface area contributed by atoms with Crippen LogP contribution in [0.25, 0.3) is 0 Å². The topological polar surface area (TPSA) is 18.0 Å². The van der Waals surface area contributed by atoms with Crippen molar-refractivity contribution in [3.05, 3.63) is 18.7 Å². The normalized spacial score (nSPS) is 9.23. The van der Waals surface area contributed by atoms with E-state index in [0.717, 1.165) is 19.7 Å². The van der Waals surface area contributed by atoms with Crippen LogP contribution in [0.1, 0.15) is 20.8 Å². The summed E-state index contributed by atoms with van der Waals surface area (Å²) in [4.78, 5) is 0. The summed E-state index contributed by atoms with van der Waals surface area (Å²) in [5, 5.41) is 0. The number of nitrogens with zero attached hydrogens (tertiary/aromatic N) is 2. The second kappa shape index (κ2) is 7.80. The molecular weight excluding hydrogens is 164 g/mol. The van der Waals surface area contributed by atoms with E-state index in [1.165, 1.54) is 0 Å². The highest BCUT2D eigenvalue weighted by Crippen LogP contribution is 1.82. The van der Waals surface area contributed by atoms with Gasteiger partial charge in [0.05, 0.1) is 13.2 Å². The molecule has 0 radical (unpaired) electrons. The van der Waals surface area contributed by atoms with Gasteiger partial charge in [-0.05, 0) is 6.92 Å². The van der Waals surface area contributed by atoms with Crippen LogP contribution in [0, 0.1) is 0 Å². The van der Waals surface area contributed by atoms with E-state index < -0.39 is 0 Å². The van der Waals surface area contributed by atoms with Crippen molar-refractivity contribution in [3.8, 4) is 0 Å². The maximum absolute atomic E-state index is 4.96. The summed E-state index contributed by atoms with van der Waals surface area (Å²) in [6.45, 7) is 8.86. The van der Waals surface area contributed by atoms with E-state index in [2.05, 4.69) is 34.8 Å². The van der Waals surface area contributed by atoms with Gasteiger partial charge in [0.15, 0.2) is 0 Å². The van der Waals surface area contributed by atoms with Crippen molar-refractivity contribution in [2.24, 2.45) is 0 Å². The van der Waals surface area contributed by atoms with Crippen LogP contribution in [-0.2, 0) is 17.8 Å². The molecule has 0 aliphatic heterocycles. The predicted molar refractivity (Wildman–Crippen MR) is 53.5 cm³/mol. The molecule has 0 spiro atoms. The van der Waals surface area contributed by atoms with Crippen LogP contribution in [0.15, 0.2) is 18.7 Å². The summed E-state index contributed by atoms with van der Waals surface area (Å²) in [5.41, 5.74) is 0. The molecule has 0 saturated heterocycles. The van der Waals surface area contributed by atoms with Crippen LogP contribution in [0.4, 0.5) is 0 Å². The first-order valence-electron chi connectivity index (χ1n) is 4.90. The molecule has 0 N–H and O–H groups in total. The van der Waals surface area contributed by atoms with Crippen LogP contribution in [-0.4, -0.2) is 18.3 Å². The lowest BCUT2D eigenvalue weighted by molar-refractivity contribution is -0.697. The van der Waals surface area contributed by atoms with E-state index in [-0.39, 0.29) is 0 Å². The lowest BCUT2D eigenvalue weighted by atomic mass is 10.7. The molecule has 0 saturated carbocycles. The Morgan fingerprint density at radius 2 is 2.08 bits per heavy atom. The third-order valence-corrected chi connectivity index (χ3v) is 1.67. The molecule has 3 heteroatoms. The Balaban J connectivity index is 0.000000671. The van der Waals surface area contributed by atoms with Gasteiger partial charge >= 0.3 is 0 Å². The molecule has 0 amide bonds. The minimum absolute atomic E-state index is 0.776. The van der Waals surface area contributed by atoms with Crippen molar-refractivity contribution in [2.45, 2.75) is 33.9 Å². The van der Waals surface area contributed by atoms with Crippen molar-refractivity contribution < 1.29 is 9.30 Å². The van der Waals surface area contributed by atoms with Crippen molar-refractivity contribution in [1.29, 1.82) is 0 Å². The Labute approximate surface area is 81.0 Å². The van der Waals surface area contributed by atoms with E-state index in [1.54, 1.807) is 7.11 Å². The van der Waals surface area contributed by atoms with Gasteiger partial charge in [0, 0.05) is 7.11 Å². The van der Waals surface area contributed by atoms with Crippen LogP contribution < -0.4 is 4.57 Å². The minimum atomic E-state index is 0.776. The van der Waals surface area contributed by atoms with E-state index in [4.69, 9.17) is 4.74 Å². The van der Waals surface area contributed by atoms with Gasteiger partial charge < -0.3 is 4.74 Å². The minimum Gasteiger partial charge on any atom is -0.381 e. The molecule has 0 aliphatic rings. The van der Waals surface area contributed by atoms with Gasteiger partial charge in [0.2, 0.25) is 6.33 Å². The summed E-state index contributed by atoms with van der Waals surface area (Å²) in [6, 6.07) is 0. The molecule has 0 atom stereocenters. The Bertz CT molecular complexity index is 208. The predicted octanol–water partition coefficient (Wildman–Crippen LogP) is 1.47. The Morgan fingerprint density at radius 3 is 2.54 bits per heavy atom. The fraction of sp³-hybridized carbons (Fsp3) is 0.700. The first-order chi connectivity index (χ1) is 6.36. The highest BCUT2D eigenvalue weighted by molar-refractivity contribution is 4.64. The largest absolute Gasteiger partial charge is 0.381 e. The molecule has 1 heterocycles. The van der Waals surface area contributed by atoms with E-state index >= 15 is 0 Å². The average Bonchev–Trinajstić information content (AvgIpc) is 2.65. The van der Waals surface area contributed by atoms with Gasteiger partial charge in [-0.2, -0.15) is 0 Å². The first-order valence-corrected chi connectivity index (χ1v) is 4.90. The number of imidazole rings is 1. The Morgan fingerprint density at radius 1 is 1.38 bits per heavy atom. The van der Waals surface area contributed by atoms with Crippen LogP contribution in [0.3, 0.4) is 0 Å². The molecule has 0 unspecified atom stereocenters. The van der Waals surface area contributed by atoms with E-state index in [0.29, 0.717) is 0 Å². The molecule has 76 valence electrons. The van der Waals surface area contributed by atoms with Crippen LogP contribution in [0.2, 0.25) is 0 Å². The van der Waals surface area contributed by atoms with Crippen molar-refractivity contribution in [1.82, 2.24) is 4.57 Å². The standard InChI is InChI=1S/C8H15N2O.C2H6/c1-3-9-4-5-10(8-9)6-7-11-2;1-2/h4-5,8H,3,6-7H2,1-2H3;1-2H3/q+1;. The number of hydrogen-bond acceptors (Lipinski definition) is 1. The summed E-state index contributed by atoms with van der Waals surface area (Å²) >= 11 is 0. The highest BCUT2D eigenvalue weighted by atomic mass is 16.5. The van der Waals surface area contributed by atoms with Gasteiger partial charge in [0.25, 0.3) is 0 Å². The molecule has 1 rings (SSSR count). The number of ether oxygens (including phenoxy) is 1. The number of hydrogen-bond donors (Lipinski definition) is 0. The summed E-state index contributed by atoms with van der Waals surface area (Å²) in [5.74, 6) is 0. The molecule has 0 aromatic carbocycles. The quantitative estimate of drug-likeness (QED) is 0.650. The number of aryl methyl sites for hydroxylation is 1. The van der Waals surface area contributed by atoms with Gasteiger partial charge in [-0.25, -0.2) is 9.13 Å². The summed E-state index contributed by atoms with van der Waals surface area (Å²) in [6.07, 6.45) is 6.21. The van der Waals surface area contributed by atoms with Crippen molar-refractivity contribution >= 4 is 0 Å². The Hall–Kier alpha value is -0.830. The zero-order chi connectivity index (χ0) is 10.1. The average molecular weight is 185 g/mol. The number of methoxy groups -OCH3 is 1. The summed E-state index contributed by atoms with van der Waals surface area (Å²) < 4.78 is 9.21. The third-order valence-electron chi connectivity index (χ3n) is 1.67. The highest BCUT2D eigenvalue weighted by Gasteiger charge is 1.99. The molecule has 1 aromatic heterocycles. The molecule has 0 aliphatic carbocycles. The molecule has 0 fully saturated rings. The second-order valence-electron chi connectivity index (χ2n) is 2.47. The SMILES string of the molecule is CC.CCn1cc[n+](CCOC)c1. The molecule has 1 aromatic rings. The van der Waals surface area contributed by atoms with Gasteiger partial charge in [-0.15, -0.1) is 0 Å². The summed E-state index contributed by atoms with van der Waals surface area (Å²) in [7, 11) is 1.72. The first kappa shape index (κ1) is 12.2. The van der Waals surface area contributed by atoms with Crippen LogP contribution in [0.5, 0.6) is 0 Å². The zero-order valence-electron chi connectivity index (χ0n) is 9.16. The fourth-order valence-electron chi connectivity index (χ4n) is 0.955. The molecular formula is C10H21N2O+. The molecule has 3 nitrogen and oxygen atoms in total. The maximum Gasteiger partial charge on any atom is 0.243 e. The third kappa shape index (κ3) is 4.68. The van der Waals surface area contributed by atoms with Gasteiger partial charge in [-0.3, -0.25) is 0 Å². The number of aromatic nitrogens is 2. The lowest BCUT2D eigenvalue weighted by Crippen LogP contribution is -2.33. The van der Waals surface area contributed by atoms with Crippen molar-refractivity contribution in [3.63, 3.8) is 0 Å².